The summed E-state index contributed by atoms with van der Waals surface area (Å²) in [6, 6.07) is 7.93. The van der Waals surface area contributed by atoms with Crippen molar-refractivity contribution in [1.82, 2.24) is 0 Å². The van der Waals surface area contributed by atoms with Gasteiger partial charge in [0.05, 0.1) is 18.8 Å². The number of para-hydroxylation sites is 2. The number of rotatable bonds is 3. The molecule has 1 aromatic rings. The minimum Gasteiger partial charge on any atom is -0.491 e. The Bertz CT molecular complexity index is 376. The molecule has 0 aromatic heterocycles. The molecule has 1 aliphatic heterocycles. The number of hydrogen-bond acceptors (Lipinski definition) is 3. The van der Waals surface area contributed by atoms with E-state index in [1.54, 1.807) is 0 Å². The summed E-state index contributed by atoms with van der Waals surface area (Å²) in [5.41, 5.74) is 1.04. The van der Waals surface area contributed by atoms with Crippen LogP contribution < -0.4 is 9.64 Å². The van der Waals surface area contributed by atoms with Crippen molar-refractivity contribution in [2.75, 3.05) is 24.6 Å². The van der Waals surface area contributed by atoms with Crippen molar-refractivity contribution in [2.45, 2.75) is 19.8 Å². The summed E-state index contributed by atoms with van der Waals surface area (Å²) in [5, 5.41) is 0. The van der Waals surface area contributed by atoms with Gasteiger partial charge in [-0.25, -0.2) is 0 Å². The molecule has 3 heteroatoms. The summed E-state index contributed by atoms with van der Waals surface area (Å²) in [6.07, 6.45) is 1.56. The van der Waals surface area contributed by atoms with Gasteiger partial charge in [0, 0.05) is 13.0 Å². The number of benzene rings is 1. The van der Waals surface area contributed by atoms with Gasteiger partial charge in [0.25, 0.3) is 0 Å². The first-order valence-electron chi connectivity index (χ1n) is 5.79. The summed E-state index contributed by atoms with van der Waals surface area (Å²) in [7, 11) is 0. The van der Waals surface area contributed by atoms with Crippen LogP contribution in [0.4, 0.5) is 5.69 Å². The summed E-state index contributed by atoms with van der Waals surface area (Å²) in [6.45, 7) is 4.02. The summed E-state index contributed by atoms with van der Waals surface area (Å²) in [5.74, 6) is 1.17. The lowest BCUT2D eigenvalue weighted by Gasteiger charge is -2.22. The van der Waals surface area contributed by atoms with Gasteiger partial charge >= 0.3 is 0 Å². The highest BCUT2D eigenvalue weighted by atomic mass is 16.5. The number of Topliss-reactive ketones (excluding diaryl/α,β-unsaturated/α-hetero) is 1. The Hall–Kier alpha value is -1.51. The molecule has 2 rings (SSSR count). The second kappa shape index (κ2) is 5.01. The molecule has 0 saturated heterocycles. The fourth-order valence-electron chi connectivity index (χ4n) is 1.89. The van der Waals surface area contributed by atoms with Crippen LogP contribution in [0.2, 0.25) is 0 Å². The molecule has 0 radical (unpaired) electrons. The molecular weight excluding hydrogens is 202 g/mol. The van der Waals surface area contributed by atoms with Gasteiger partial charge in [-0.15, -0.1) is 0 Å². The van der Waals surface area contributed by atoms with Crippen molar-refractivity contribution in [2.24, 2.45) is 0 Å². The van der Waals surface area contributed by atoms with E-state index in [0.29, 0.717) is 13.0 Å². The molecule has 0 unspecified atom stereocenters. The van der Waals surface area contributed by atoms with Crippen LogP contribution in [-0.2, 0) is 4.79 Å². The van der Waals surface area contributed by atoms with E-state index in [2.05, 4.69) is 4.90 Å². The molecule has 1 aromatic carbocycles. The Morgan fingerprint density at radius 1 is 1.44 bits per heavy atom. The molecular formula is C13H17NO2. The molecule has 3 nitrogen and oxygen atoms in total. The fourth-order valence-corrected chi connectivity index (χ4v) is 1.89. The van der Waals surface area contributed by atoms with E-state index in [0.717, 1.165) is 31.0 Å². The average Bonchev–Trinajstić information content (AvgIpc) is 2.52. The maximum Gasteiger partial charge on any atom is 0.151 e. The molecule has 0 atom stereocenters. The number of ketones is 1. The zero-order valence-electron chi connectivity index (χ0n) is 9.61. The van der Waals surface area contributed by atoms with Crippen LogP contribution in [0.5, 0.6) is 5.75 Å². The summed E-state index contributed by atoms with van der Waals surface area (Å²) in [4.78, 5) is 13.6. The van der Waals surface area contributed by atoms with Crippen LogP contribution in [0.1, 0.15) is 19.8 Å². The Morgan fingerprint density at radius 2 is 2.25 bits per heavy atom. The largest absolute Gasteiger partial charge is 0.491 e. The molecule has 1 heterocycles. The molecule has 0 spiro atoms. The average molecular weight is 219 g/mol. The Balaban J connectivity index is 2.22. The van der Waals surface area contributed by atoms with Gasteiger partial charge in [-0.2, -0.15) is 0 Å². The van der Waals surface area contributed by atoms with E-state index in [4.69, 9.17) is 4.74 Å². The number of carbonyl (C=O) groups is 1. The minimum atomic E-state index is 0.275. The molecule has 0 aliphatic carbocycles. The van der Waals surface area contributed by atoms with Crippen LogP contribution in [0.25, 0.3) is 0 Å². The van der Waals surface area contributed by atoms with Gasteiger partial charge in [-0.3, -0.25) is 4.79 Å². The first-order chi connectivity index (χ1) is 7.81. The third-order valence-corrected chi connectivity index (χ3v) is 2.80. The quantitative estimate of drug-likeness (QED) is 0.781. The molecule has 86 valence electrons. The van der Waals surface area contributed by atoms with Crippen molar-refractivity contribution in [3.8, 4) is 5.75 Å². The van der Waals surface area contributed by atoms with Crippen molar-refractivity contribution in [1.29, 1.82) is 0 Å². The van der Waals surface area contributed by atoms with Crippen LogP contribution in [0.15, 0.2) is 24.3 Å². The van der Waals surface area contributed by atoms with E-state index in [1.807, 2.05) is 31.2 Å². The summed E-state index contributed by atoms with van der Waals surface area (Å²) < 4.78 is 5.64. The number of anilines is 1. The van der Waals surface area contributed by atoms with E-state index in [9.17, 15) is 4.79 Å². The fraction of sp³-hybridized carbons (Fsp3) is 0.462. The summed E-state index contributed by atoms with van der Waals surface area (Å²) >= 11 is 0. The minimum absolute atomic E-state index is 0.275. The smallest absolute Gasteiger partial charge is 0.151 e. The topological polar surface area (TPSA) is 29.5 Å². The molecule has 0 bridgehead atoms. The van der Waals surface area contributed by atoms with Gasteiger partial charge in [-0.05, 0) is 18.6 Å². The van der Waals surface area contributed by atoms with Gasteiger partial charge in [-0.1, -0.05) is 19.1 Å². The monoisotopic (exact) mass is 219 g/mol. The number of nitrogens with zero attached hydrogens (tertiary/aromatic N) is 1. The highest BCUT2D eigenvalue weighted by Gasteiger charge is 2.17. The Kier molecular flexibility index (Phi) is 3.44. The molecule has 0 fully saturated rings. The van der Waals surface area contributed by atoms with E-state index >= 15 is 0 Å². The molecule has 0 amide bonds. The standard InChI is InChI=1S/C13H17NO2/c1-2-11(15)10-14-8-5-9-16-13-7-4-3-6-12(13)14/h3-4,6-7H,2,5,8-10H2,1H3. The third kappa shape index (κ3) is 2.35. The predicted octanol–water partition coefficient (Wildman–Crippen LogP) is 2.25. The highest BCUT2D eigenvalue weighted by molar-refractivity contribution is 5.83. The highest BCUT2D eigenvalue weighted by Crippen LogP contribution is 2.30. The van der Waals surface area contributed by atoms with Gasteiger partial charge in [0.2, 0.25) is 0 Å². The Labute approximate surface area is 96.0 Å². The normalized spacial score (nSPS) is 14.9. The van der Waals surface area contributed by atoms with Gasteiger partial charge in [0.15, 0.2) is 5.78 Å². The van der Waals surface area contributed by atoms with Crippen LogP contribution in [0.3, 0.4) is 0 Å². The number of ether oxygens (including phenoxy) is 1. The zero-order valence-corrected chi connectivity index (χ0v) is 9.61. The van der Waals surface area contributed by atoms with Crippen LogP contribution in [0, 0.1) is 0 Å². The van der Waals surface area contributed by atoms with Crippen molar-refractivity contribution < 1.29 is 9.53 Å². The SMILES string of the molecule is CCC(=O)CN1CCCOc2ccccc21. The van der Waals surface area contributed by atoms with Crippen molar-refractivity contribution >= 4 is 11.5 Å². The van der Waals surface area contributed by atoms with Crippen molar-refractivity contribution in [3.05, 3.63) is 24.3 Å². The maximum atomic E-state index is 11.5. The predicted molar refractivity (Wildman–Crippen MR) is 64.1 cm³/mol. The molecule has 0 N–H and O–H groups in total. The first kappa shape index (κ1) is 11.0. The molecule has 0 saturated carbocycles. The first-order valence-corrected chi connectivity index (χ1v) is 5.79. The van der Waals surface area contributed by atoms with Crippen LogP contribution >= 0.6 is 0 Å². The van der Waals surface area contributed by atoms with E-state index in [-0.39, 0.29) is 5.78 Å². The second-order valence-corrected chi connectivity index (χ2v) is 3.98. The van der Waals surface area contributed by atoms with E-state index < -0.39 is 0 Å². The molecule has 16 heavy (non-hydrogen) atoms. The zero-order chi connectivity index (χ0) is 11.4. The number of carbonyl (C=O) groups excluding carboxylic acids is 1. The lowest BCUT2D eigenvalue weighted by atomic mass is 10.2. The lowest BCUT2D eigenvalue weighted by molar-refractivity contribution is -0.117. The Morgan fingerprint density at radius 3 is 3.06 bits per heavy atom. The van der Waals surface area contributed by atoms with E-state index in [1.165, 1.54) is 0 Å². The van der Waals surface area contributed by atoms with Crippen LogP contribution in [-0.4, -0.2) is 25.5 Å². The van der Waals surface area contributed by atoms with Gasteiger partial charge in [0.1, 0.15) is 5.75 Å². The number of hydrogen-bond donors (Lipinski definition) is 0. The number of fused-ring (bicyclic) bond motifs is 1. The third-order valence-electron chi connectivity index (χ3n) is 2.80. The van der Waals surface area contributed by atoms with Gasteiger partial charge < -0.3 is 9.64 Å². The lowest BCUT2D eigenvalue weighted by Crippen LogP contribution is -2.29. The molecule has 1 aliphatic rings. The maximum absolute atomic E-state index is 11.5. The van der Waals surface area contributed by atoms with Crippen molar-refractivity contribution in [3.63, 3.8) is 0 Å². The second-order valence-electron chi connectivity index (χ2n) is 3.98.